The molecule has 9 heteroatoms. The van der Waals surface area contributed by atoms with Crippen LogP contribution in [0.15, 0.2) is 23.3 Å². The van der Waals surface area contributed by atoms with Crippen molar-refractivity contribution < 1.29 is 9.53 Å². The molecular formula is C17H27ClIN5O2. The summed E-state index contributed by atoms with van der Waals surface area (Å²) in [7, 11) is 0. The molecule has 1 saturated heterocycles. The maximum atomic E-state index is 11.8. The molecule has 1 unspecified atom stereocenters. The molecule has 1 amide bonds. The first kappa shape index (κ1) is 22.8. The van der Waals surface area contributed by atoms with E-state index in [0.29, 0.717) is 30.5 Å². The van der Waals surface area contributed by atoms with Crippen molar-refractivity contribution in [3.8, 4) is 5.88 Å². The third-order valence-electron chi connectivity index (χ3n) is 3.84. The number of carbonyl (C=O) groups is 1. The summed E-state index contributed by atoms with van der Waals surface area (Å²) in [6.45, 7) is 7.14. The second kappa shape index (κ2) is 12.2. The van der Waals surface area contributed by atoms with Crippen LogP contribution in [0.3, 0.4) is 0 Å². The number of hydrogen-bond donors (Lipinski definition) is 2. The monoisotopic (exact) mass is 495 g/mol. The Hall–Kier alpha value is -1.29. The van der Waals surface area contributed by atoms with Gasteiger partial charge in [-0.1, -0.05) is 18.5 Å². The number of pyridine rings is 1. The highest BCUT2D eigenvalue weighted by atomic mass is 127. The summed E-state index contributed by atoms with van der Waals surface area (Å²) in [6, 6.07) is 3.70. The van der Waals surface area contributed by atoms with Crippen LogP contribution in [0, 0.1) is 0 Å². The van der Waals surface area contributed by atoms with Crippen molar-refractivity contribution in [1.82, 2.24) is 20.5 Å². The topological polar surface area (TPSA) is 78.9 Å². The van der Waals surface area contributed by atoms with E-state index in [1.807, 2.05) is 18.7 Å². The first-order chi connectivity index (χ1) is 12.1. The smallest absolute Gasteiger partial charge is 0.222 e. The van der Waals surface area contributed by atoms with Crippen molar-refractivity contribution in [2.45, 2.75) is 32.7 Å². The quantitative estimate of drug-likeness (QED) is 0.263. The Balaban J connectivity index is 0.00000338. The van der Waals surface area contributed by atoms with Gasteiger partial charge in [0.1, 0.15) is 6.61 Å². The number of guanidine groups is 1. The fraction of sp³-hybridized carbons (Fsp3) is 0.588. The van der Waals surface area contributed by atoms with Crippen molar-refractivity contribution in [3.63, 3.8) is 0 Å². The Morgan fingerprint density at radius 1 is 1.46 bits per heavy atom. The molecule has 0 bridgehead atoms. The number of amides is 1. The first-order valence-corrected chi connectivity index (χ1v) is 9.07. The Labute approximate surface area is 177 Å². The van der Waals surface area contributed by atoms with E-state index in [-0.39, 0.29) is 35.9 Å². The molecule has 1 aromatic heterocycles. The van der Waals surface area contributed by atoms with E-state index in [2.05, 4.69) is 20.6 Å². The minimum Gasteiger partial charge on any atom is -0.476 e. The van der Waals surface area contributed by atoms with Gasteiger partial charge in [-0.05, 0) is 19.4 Å². The summed E-state index contributed by atoms with van der Waals surface area (Å²) in [5.74, 6) is 1.48. The number of halogens is 2. The van der Waals surface area contributed by atoms with Gasteiger partial charge in [0.15, 0.2) is 5.96 Å². The van der Waals surface area contributed by atoms with E-state index < -0.39 is 0 Å². The summed E-state index contributed by atoms with van der Waals surface area (Å²) in [4.78, 5) is 22.2. The molecule has 1 fully saturated rings. The van der Waals surface area contributed by atoms with Gasteiger partial charge in [0.2, 0.25) is 11.8 Å². The highest BCUT2D eigenvalue weighted by Gasteiger charge is 2.25. The van der Waals surface area contributed by atoms with Crippen LogP contribution in [0.2, 0.25) is 5.02 Å². The predicted molar refractivity (Wildman–Crippen MR) is 115 cm³/mol. The molecular weight excluding hydrogens is 469 g/mol. The Kier molecular flexibility index (Phi) is 10.6. The average Bonchev–Trinajstić information content (AvgIpc) is 3.08. The third kappa shape index (κ3) is 7.53. The summed E-state index contributed by atoms with van der Waals surface area (Å²) >= 11 is 5.79. The molecule has 1 aliphatic rings. The number of carbonyl (C=O) groups excluding carboxylic acids is 1. The largest absolute Gasteiger partial charge is 0.476 e. The number of likely N-dealkylation sites (tertiary alicyclic amines) is 1. The molecule has 1 atom stereocenters. The lowest BCUT2D eigenvalue weighted by Gasteiger charge is -2.18. The second-order valence-electron chi connectivity index (χ2n) is 5.75. The minimum atomic E-state index is 0. The Morgan fingerprint density at radius 3 is 2.92 bits per heavy atom. The van der Waals surface area contributed by atoms with Crippen molar-refractivity contribution in [3.05, 3.63) is 23.4 Å². The molecule has 0 spiro atoms. The minimum absolute atomic E-state index is 0. The number of rotatable bonds is 7. The van der Waals surface area contributed by atoms with Gasteiger partial charge in [-0.25, -0.2) is 9.98 Å². The van der Waals surface area contributed by atoms with Gasteiger partial charge in [0.05, 0.1) is 11.6 Å². The fourth-order valence-corrected chi connectivity index (χ4v) is 2.71. The molecule has 0 aromatic carbocycles. The van der Waals surface area contributed by atoms with Gasteiger partial charge in [0.25, 0.3) is 0 Å². The molecule has 7 nitrogen and oxygen atoms in total. The molecule has 2 heterocycles. The zero-order valence-corrected chi connectivity index (χ0v) is 18.3. The predicted octanol–water partition coefficient (Wildman–Crippen LogP) is 2.30. The molecule has 0 radical (unpaired) electrons. The zero-order valence-electron chi connectivity index (χ0n) is 15.2. The van der Waals surface area contributed by atoms with Crippen LogP contribution < -0.4 is 15.4 Å². The van der Waals surface area contributed by atoms with E-state index in [0.717, 1.165) is 32.0 Å². The first-order valence-electron chi connectivity index (χ1n) is 8.69. The van der Waals surface area contributed by atoms with Gasteiger partial charge < -0.3 is 20.3 Å². The average molecular weight is 496 g/mol. The van der Waals surface area contributed by atoms with Crippen LogP contribution >= 0.6 is 35.6 Å². The Morgan fingerprint density at radius 2 is 2.27 bits per heavy atom. The van der Waals surface area contributed by atoms with Gasteiger partial charge >= 0.3 is 0 Å². The highest BCUT2D eigenvalue weighted by molar-refractivity contribution is 14.0. The lowest BCUT2D eigenvalue weighted by atomic mass is 10.3. The number of hydrogen-bond acceptors (Lipinski definition) is 4. The van der Waals surface area contributed by atoms with Gasteiger partial charge in [0, 0.05) is 44.4 Å². The molecule has 2 rings (SSSR count). The van der Waals surface area contributed by atoms with Crippen LogP contribution in [0.25, 0.3) is 0 Å². The van der Waals surface area contributed by atoms with Gasteiger partial charge in [-0.2, -0.15) is 0 Å². The van der Waals surface area contributed by atoms with Crippen LogP contribution in [0.4, 0.5) is 0 Å². The maximum Gasteiger partial charge on any atom is 0.222 e. The third-order valence-corrected chi connectivity index (χ3v) is 4.06. The maximum absolute atomic E-state index is 11.8. The van der Waals surface area contributed by atoms with Gasteiger partial charge in [-0.3, -0.25) is 4.79 Å². The van der Waals surface area contributed by atoms with Crippen LogP contribution in [-0.2, 0) is 4.79 Å². The summed E-state index contributed by atoms with van der Waals surface area (Å²) in [5, 5.41) is 7.19. The van der Waals surface area contributed by atoms with E-state index >= 15 is 0 Å². The molecule has 0 saturated carbocycles. The van der Waals surface area contributed by atoms with E-state index in [1.54, 1.807) is 18.3 Å². The van der Waals surface area contributed by atoms with E-state index in [1.165, 1.54) is 0 Å². The molecule has 1 aromatic rings. The van der Waals surface area contributed by atoms with E-state index in [9.17, 15) is 4.79 Å². The SMILES string of the molecule is CCNC(=NCCOc1ccc(Cl)cn1)NC1CCN(C(=O)CC)C1.I. The molecule has 0 aliphatic carbocycles. The number of nitrogens with zero attached hydrogens (tertiary/aromatic N) is 3. The molecule has 2 N–H and O–H groups in total. The zero-order chi connectivity index (χ0) is 18.1. The normalized spacial score (nSPS) is 16.8. The second-order valence-corrected chi connectivity index (χ2v) is 6.18. The molecule has 146 valence electrons. The van der Waals surface area contributed by atoms with Gasteiger partial charge in [-0.15, -0.1) is 24.0 Å². The summed E-state index contributed by atoms with van der Waals surface area (Å²) in [6.07, 6.45) is 3.04. The molecule has 1 aliphatic heterocycles. The van der Waals surface area contributed by atoms with Crippen molar-refractivity contribution in [2.24, 2.45) is 4.99 Å². The van der Waals surface area contributed by atoms with Crippen molar-refractivity contribution >= 4 is 47.4 Å². The van der Waals surface area contributed by atoms with Crippen LogP contribution in [-0.4, -0.2) is 60.6 Å². The number of ether oxygens (including phenoxy) is 1. The number of nitrogens with one attached hydrogen (secondary N) is 2. The summed E-state index contributed by atoms with van der Waals surface area (Å²) < 4.78 is 5.54. The lowest BCUT2D eigenvalue weighted by Crippen LogP contribution is -2.45. The van der Waals surface area contributed by atoms with Crippen LogP contribution in [0.1, 0.15) is 26.7 Å². The number of aromatic nitrogens is 1. The van der Waals surface area contributed by atoms with E-state index in [4.69, 9.17) is 16.3 Å². The standard InChI is InChI=1S/C17H26ClN5O2.HI/c1-3-16(24)23-9-7-14(12-23)22-17(19-4-2)20-8-10-25-15-6-5-13(18)11-21-15;/h5-6,11,14H,3-4,7-10,12H2,1-2H3,(H2,19,20,22);1H. The summed E-state index contributed by atoms with van der Waals surface area (Å²) in [5.41, 5.74) is 0. The molecule has 26 heavy (non-hydrogen) atoms. The van der Waals surface area contributed by atoms with Crippen molar-refractivity contribution in [2.75, 3.05) is 32.8 Å². The van der Waals surface area contributed by atoms with Crippen molar-refractivity contribution in [1.29, 1.82) is 0 Å². The fourth-order valence-electron chi connectivity index (χ4n) is 2.60. The lowest BCUT2D eigenvalue weighted by molar-refractivity contribution is -0.129. The number of aliphatic imine (C=N–C) groups is 1. The highest BCUT2D eigenvalue weighted by Crippen LogP contribution is 2.11. The Bertz CT molecular complexity index is 585. The van der Waals surface area contributed by atoms with Crippen LogP contribution in [0.5, 0.6) is 5.88 Å².